The summed E-state index contributed by atoms with van der Waals surface area (Å²) in [5.41, 5.74) is 2.35. The lowest BCUT2D eigenvalue weighted by atomic mass is 9.90. The average molecular weight is 497 g/mol. The number of aromatic carboxylic acids is 1. The number of unbranched alkanes of at least 4 members (excludes halogenated alkanes) is 1. The van der Waals surface area contributed by atoms with Crippen molar-refractivity contribution in [2.24, 2.45) is 0 Å². The van der Waals surface area contributed by atoms with Crippen molar-refractivity contribution in [1.29, 1.82) is 0 Å². The summed E-state index contributed by atoms with van der Waals surface area (Å²) in [5.74, 6) is 1.08. The van der Waals surface area contributed by atoms with E-state index >= 15 is 0 Å². The number of ether oxygens (including phenoxy) is 1. The fourth-order valence-corrected chi connectivity index (χ4v) is 4.19. The number of anilines is 1. The third-order valence-corrected chi connectivity index (χ3v) is 6.06. The van der Waals surface area contributed by atoms with Crippen LogP contribution in [0.15, 0.2) is 71.3 Å². The highest BCUT2D eigenvalue weighted by molar-refractivity contribution is 7.80. The van der Waals surface area contributed by atoms with Crippen molar-refractivity contribution in [3.05, 3.63) is 77.6 Å². The summed E-state index contributed by atoms with van der Waals surface area (Å²) in [6, 6.07) is 13.9. The summed E-state index contributed by atoms with van der Waals surface area (Å²) in [7, 11) is 0. The number of nitrogens with one attached hydrogen (secondary N) is 2. The molecule has 0 radical (unpaired) electrons. The number of rotatable bonds is 10. The molecular weight excluding hydrogens is 456 g/mol. The SMILES string of the molecule is C/C=C\C(=C/CC)Oc1c(S)cc(C(=O)O)cc1NCCCC.c1ccc(C2CCNCC2)cc1. The normalized spacial score (nSPS) is 14.3. The maximum Gasteiger partial charge on any atom is 0.335 e. The minimum absolute atomic E-state index is 0.188. The number of benzene rings is 2. The number of carboxylic acids is 1. The van der Waals surface area contributed by atoms with Crippen molar-refractivity contribution in [1.82, 2.24) is 5.32 Å². The number of hydrogen-bond acceptors (Lipinski definition) is 5. The standard InChI is InChI=1S/C18H25NO3S.C11H15N/c1-4-7-10-19-15-11-13(18(20)21)12-16(23)17(15)22-14(8-5-2)9-6-3;1-2-4-10(5-3-1)11-6-8-12-9-7-11/h5,8-9,11-12,19,23H,4,6-7,10H2,1-3H3,(H,20,21);1-5,11-12H,6-9H2/b8-5-,14-9+;. The molecule has 0 atom stereocenters. The quantitative estimate of drug-likeness (QED) is 0.120. The summed E-state index contributed by atoms with van der Waals surface area (Å²) in [6.45, 7) is 9.16. The number of carboxylic acid groups (broad SMARTS) is 1. The van der Waals surface area contributed by atoms with Gasteiger partial charge in [-0.15, -0.1) is 12.6 Å². The number of allylic oxidation sites excluding steroid dienone is 3. The van der Waals surface area contributed by atoms with Gasteiger partial charge in [0.2, 0.25) is 0 Å². The zero-order valence-corrected chi connectivity index (χ0v) is 22.1. The molecule has 0 aliphatic carbocycles. The van der Waals surface area contributed by atoms with Gasteiger partial charge in [-0.05, 0) is 81.5 Å². The summed E-state index contributed by atoms with van der Waals surface area (Å²) < 4.78 is 5.97. The number of thiol groups is 1. The topological polar surface area (TPSA) is 70.6 Å². The highest BCUT2D eigenvalue weighted by atomic mass is 32.1. The molecule has 6 heteroatoms. The minimum atomic E-state index is -0.983. The van der Waals surface area contributed by atoms with E-state index in [0.29, 0.717) is 22.1 Å². The van der Waals surface area contributed by atoms with Gasteiger partial charge >= 0.3 is 5.97 Å². The first-order valence-electron chi connectivity index (χ1n) is 12.6. The van der Waals surface area contributed by atoms with Crippen LogP contribution in [-0.2, 0) is 0 Å². The van der Waals surface area contributed by atoms with Crippen LogP contribution in [0.5, 0.6) is 5.75 Å². The van der Waals surface area contributed by atoms with E-state index < -0.39 is 5.97 Å². The van der Waals surface area contributed by atoms with Crippen LogP contribution in [0.1, 0.15) is 74.7 Å². The fraction of sp³-hybridized carbons (Fsp3) is 0.414. The van der Waals surface area contributed by atoms with Gasteiger partial charge in [0.15, 0.2) is 5.75 Å². The van der Waals surface area contributed by atoms with Gasteiger partial charge in [0.1, 0.15) is 5.76 Å². The lowest BCUT2D eigenvalue weighted by molar-refractivity contribution is 0.0696. The van der Waals surface area contributed by atoms with Crippen LogP contribution in [0.25, 0.3) is 0 Å². The molecule has 2 aromatic rings. The molecule has 35 heavy (non-hydrogen) atoms. The van der Waals surface area contributed by atoms with E-state index in [0.717, 1.165) is 31.7 Å². The molecule has 0 aromatic heterocycles. The van der Waals surface area contributed by atoms with Crippen molar-refractivity contribution in [3.63, 3.8) is 0 Å². The molecule has 5 nitrogen and oxygen atoms in total. The van der Waals surface area contributed by atoms with Gasteiger partial charge in [0.25, 0.3) is 0 Å². The highest BCUT2D eigenvalue weighted by Gasteiger charge is 2.15. The number of piperidine rings is 1. The zero-order chi connectivity index (χ0) is 25.5. The minimum Gasteiger partial charge on any atom is -0.478 e. The Bertz CT molecular complexity index is 967. The van der Waals surface area contributed by atoms with Crippen molar-refractivity contribution in [3.8, 4) is 5.75 Å². The third-order valence-electron chi connectivity index (χ3n) is 5.73. The van der Waals surface area contributed by atoms with E-state index in [2.05, 4.69) is 60.5 Å². The summed E-state index contributed by atoms with van der Waals surface area (Å²) >= 11 is 4.41. The summed E-state index contributed by atoms with van der Waals surface area (Å²) in [5, 5.41) is 15.9. The van der Waals surface area contributed by atoms with Crippen molar-refractivity contribution in [2.75, 3.05) is 25.0 Å². The molecule has 0 bridgehead atoms. The van der Waals surface area contributed by atoms with Gasteiger partial charge < -0.3 is 20.5 Å². The Balaban J connectivity index is 0.000000298. The predicted octanol–water partition coefficient (Wildman–Crippen LogP) is 7.29. The lowest BCUT2D eigenvalue weighted by Crippen LogP contribution is -2.26. The molecule has 0 saturated carbocycles. The maximum atomic E-state index is 11.2. The van der Waals surface area contributed by atoms with E-state index in [1.54, 1.807) is 6.07 Å². The molecule has 1 saturated heterocycles. The van der Waals surface area contributed by atoms with Crippen LogP contribution < -0.4 is 15.4 Å². The molecule has 3 N–H and O–H groups in total. The summed E-state index contributed by atoms with van der Waals surface area (Å²) in [6.07, 6.45) is 11.2. The number of hydrogen-bond donors (Lipinski definition) is 4. The second-order valence-corrected chi connectivity index (χ2v) is 8.99. The van der Waals surface area contributed by atoms with E-state index in [-0.39, 0.29) is 5.56 Å². The number of carbonyl (C=O) groups is 1. The van der Waals surface area contributed by atoms with E-state index in [9.17, 15) is 9.90 Å². The van der Waals surface area contributed by atoms with E-state index in [4.69, 9.17) is 4.74 Å². The Labute approximate surface area is 216 Å². The van der Waals surface area contributed by atoms with Crippen molar-refractivity contribution in [2.45, 2.75) is 63.7 Å². The van der Waals surface area contributed by atoms with Gasteiger partial charge in [-0.25, -0.2) is 4.79 Å². The van der Waals surface area contributed by atoms with Crippen LogP contribution in [0.2, 0.25) is 0 Å². The van der Waals surface area contributed by atoms with Crippen LogP contribution >= 0.6 is 12.6 Å². The molecule has 1 aliphatic heterocycles. The zero-order valence-electron chi connectivity index (χ0n) is 21.2. The molecule has 0 unspecified atom stereocenters. The largest absolute Gasteiger partial charge is 0.478 e. The first kappa shape index (κ1) is 28.5. The van der Waals surface area contributed by atoms with Crippen LogP contribution in [0.4, 0.5) is 5.69 Å². The third kappa shape index (κ3) is 9.82. The van der Waals surface area contributed by atoms with Gasteiger partial charge in [0.05, 0.1) is 11.3 Å². The smallest absolute Gasteiger partial charge is 0.335 e. The highest BCUT2D eigenvalue weighted by Crippen LogP contribution is 2.35. The monoisotopic (exact) mass is 496 g/mol. The molecule has 1 fully saturated rings. The van der Waals surface area contributed by atoms with Gasteiger partial charge in [-0.2, -0.15) is 0 Å². The van der Waals surface area contributed by atoms with Gasteiger partial charge in [-0.1, -0.05) is 56.7 Å². The van der Waals surface area contributed by atoms with Crippen LogP contribution in [-0.4, -0.2) is 30.7 Å². The average Bonchev–Trinajstić information content (AvgIpc) is 2.87. The molecule has 2 aromatic carbocycles. The van der Waals surface area contributed by atoms with Crippen LogP contribution in [0.3, 0.4) is 0 Å². The van der Waals surface area contributed by atoms with Crippen molar-refractivity contribution < 1.29 is 14.6 Å². The van der Waals surface area contributed by atoms with Crippen LogP contribution in [0, 0.1) is 0 Å². The molecule has 0 spiro atoms. The Kier molecular flexibility index (Phi) is 13.1. The van der Waals surface area contributed by atoms with Gasteiger partial charge in [-0.3, -0.25) is 0 Å². The summed E-state index contributed by atoms with van der Waals surface area (Å²) in [4.78, 5) is 11.7. The Hall–Kier alpha value is -2.70. The first-order chi connectivity index (χ1) is 17.0. The first-order valence-corrected chi connectivity index (χ1v) is 13.0. The molecule has 1 heterocycles. The fourth-order valence-electron chi connectivity index (χ4n) is 3.88. The van der Waals surface area contributed by atoms with Gasteiger partial charge in [0, 0.05) is 11.4 Å². The molecule has 3 rings (SSSR count). The predicted molar refractivity (Wildman–Crippen MR) is 149 cm³/mol. The Morgan fingerprint density at radius 3 is 2.51 bits per heavy atom. The second-order valence-electron chi connectivity index (χ2n) is 8.51. The van der Waals surface area contributed by atoms with Crippen molar-refractivity contribution >= 4 is 24.3 Å². The van der Waals surface area contributed by atoms with E-state index in [1.807, 2.05) is 32.1 Å². The molecule has 1 aliphatic rings. The molecular formula is C29H40N2O3S. The van der Waals surface area contributed by atoms with E-state index in [1.165, 1.54) is 37.6 Å². The molecule has 190 valence electrons. The Morgan fingerprint density at radius 1 is 1.20 bits per heavy atom. The Morgan fingerprint density at radius 2 is 1.91 bits per heavy atom. The molecule has 0 amide bonds. The lowest BCUT2D eigenvalue weighted by Gasteiger charge is -2.22. The maximum absolute atomic E-state index is 11.2. The second kappa shape index (κ2) is 16.1.